The molecule has 2 nitrogen and oxygen atoms in total. The smallest absolute Gasteiger partial charge is 0.0419 e. The summed E-state index contributed by atoms with van der Waals surface area (Å²) in [5.74, 6) is 0.738. The highest BCUT2D eigenvalue weighted by molar-refractivity contribution is 5.14. The van der Waals surface area contributed by atoms with Gasteiger partial charge in [-0.3, -0.25) is 4.98 Å². The quantitative estimate of drug-likeness (QED) is 0.806. The molecule has 0 aliphatic rings. The third-order valence-electron chi connectivity index (χ3n) is 3.81. The third kappa shape index (κ3) is 6.51. The fraction of sp³-hybridized carbons (Fsp3) is 0.722. The van der Waals surface area contributed by atoms with Gasteiger partial charge in [0.05, 0.1) is 0 Å². The molecule has 0 saturated carbocycles. The van der Waals surface area contributed by atoms with Crippen LogP contribution >= 0.6 is 0 Å². The van der Waals surface area contributed by atoms with E-state index in [0.29, 0.717) is 11.5 Å². The lowest BCUT2D eigenvalue weighted by atomic mass is 9.82. The molecule has 114 valence electrons. The molecular formula is C18H32N2. The number of aryl methyl sites for hydroxylation is 1. The summed E-state index contributed by atoms with van der Waals surface area (Å²) in [5.41, 5.74) is 2.93. The summed E-state index contributed by atoms with van der Waals surface area (Å²) in [6.45, 7) is 11.5. The van der Waals surface area contributed by atoms with Crippen molar-refractivity contribution in [3.05, 3.63) is 29.6 Å². The number of hydrogen-bond donors (Lipinski definition) is 1. The highest BCUT2D eigenvalue weighted by Gasteiger charge is 2.18. The van der Waals surface area contributed by atoms with Gasteiger partial charge < -0.3 is 5.32 Å². The minimum atomic E-state index is 0.415. The lowest BCUT2D eigenvalue weighted by Gasteiger charge is -2.26. The maximum atomic E-state index is 4.58. The highest BCUT2D eigenvalue weighted by atomic mass is 14.9. The second-order valence-corrected chi connectivity index (χ2v) is 7.31. The van der Waals surface area contributed by atoms with Crippen molar-refractivity contribution in [1.82, 2.24) is 10.3 Å². The van der Waals surface area contributed by atoms with Crippen molar-refractivity contribution >= 4 is 0 Å². The molecule has 0 aliphatic carbocycles. The van der Waals surface area contributed by atoms with Crippen LogP contribution in [0, 0.1) is 11.3 Å². The van der Waals surface area contributed by atoms with Crippen molar-refractivity contribution in [3.63, 3.8) is 0 Å². The topological polar surface area (TPSA) is 24.9 Å². The van der Waals surface area contributed by atoms with Gasteiger partial charge in [0, 0.05) is 24.4 Å². The van der Waals surface area contributed by atoms with Gasteiger partial charge in [0.15, 0.2) is 0 Å². The number of nitrogens with one attached hydrogen (secondary N) is 1. The first-order chi connectivity index (χ1) is 9.34. The van der Waals surface area contributed by atoms with Crippen LogP contribution in [0.15, 0.2) is 18.3 Å². The second kappa shape index (κ2) is 7.78. The van der Waals surface area contributed by atoms with Gasteiger partial charge in [0.25, 0.3) is 0 Å². The Kier molecular flexibility index (Phi) is 6.67. The molecule has 2 heteroatoms. The van der Waals surface area contributed by atoms with Crippen molar-refractivity contribution < 1.29 is 0 Å². The van der Waals surface area contributed by atoms with Crippen LogP contribution in [0.1, 0.15) is 58.7 Å². The van der Waals surface area contributed by atoms with Crippen molar-refractivity contribution in [2.75, 3.05) is 7.05 Å². The molecule has 0 fully saturated rings. The average Bonchev–Trinajstić information content (AvgIpc) is 2.36. The van der Waals surface area contributed by atoms with Gasteiger partial charge >= 0.3 is 0 Å². The Labute approximate surface area is 125 Å². The van der Waals surface area contributed by atoms with E-state index in [-0.39, 0.29) is 0 Å². The Bertz CT molecular complexity index is 375. The first-order valence-electron chi connectivity index (χ1n) is 7.95. The van der Waals surface area contributed by atoms with E-state index in [1.165, 1.54) is 24.1 Å². The van der Waals surface area contributed by atoms with Crippen LogP contribution in [0.25, 0.3) is 0 Å². The van der Waals surface area contributed by atoms with Crippen molar-refractivity contribution in [2.24, 2.45) is 11.3 Å². The SMILES string of the molecule is CCc1ccc(CC(CC(C)CC(C)(C)C)NC)nc1. The van der Waals surface area contributed by atoms with Crippen LogP contribution in [0.5, 0.6) is 0 Å². The fourth-order valence-corrected chi connectivity index (χ4v) is 2.96. The first-order valence-corrected chi connectivity index (χ1v) is 7.95. The molecule has 0 radical (unpaired) electrons. The average molecular weight is 276 g/mol. The molecular weight excluding hydrogens is 244 g/mol. The van der Waals surface area contributed by atoms with Gasteiger partial charge in [-0.05, 0) is 49.3 Å². The van der Waals surface area contributed by atoms with Crippen molar-refractivity contribution in [3.8, 4) is 0 Å². The minimum absolute atomic E-state index is 0.415. The molecule has 0 spiro atoms. The number of hydrogen-bond acceptors (Lipinski definition) is 2. The van der Waals surface area contributed by atoms with E-state index in [9.17, 15) is 0 Å². The molecule has 0 aromatic carbocycles. The zero-order valence-corrected chi connectivity index (χ0v) is 14.2. The number of pyridine rings is 1. The summed E-state index contributed by atoms with van der Waals surface area (Å²) in [4.78, 5) is 4.58. The van der Waals surface area contributed by atoms with Crippen LogP contribution < -0.4 is 5.32 Å². The van der Waals surface area contributed by atoms with E-state index in [1.54, 1.807) is 0 Å². The summed E-state index contributed by atoms with van der Waals surface area (Å²) in [7, 11) is 2.06. The predicted molar refractivity (Wildman–Crippen MR) is 88.0 cm³/mol. The zero-order valence-electron chi connectivity index (χ0n) is 14.2. The molecule has 0 amide bonds. The fourth-order valence-electron chi connectivity index (χ4n) is 2.96. The summed E-state index contributed by atoms with van der Waals surface area (Å²) in [6, 6.07) is 4.90. The predicted octanol–water partition coefficient (Wildman–Crippen LogP) is 4.24. The monoisotopic (exact) mass is 276 g/mol. The van der Waals surface area contributed by atoms with Crippen molar-refractivity contribution in [1.29, 1.82) is 0 Å². The highest BCUT2D eigenvalue weighted by Crippen LogP contribution is 2.27. The molecule has 1 N–H and O–H groups in total. The minimum Gasteiger partial charge on any atom is -0.317 e. The Morgan fingerprint density at radius 1 is 1.25 bits per heavy atom. The van der Waals surface area contributed by atoms with Crippen LogP contribution in [0.3, 0.4) is 0 Å². The Hall–Kier alpha value is -0.890. The molecule has 0 saturated heterocycles. The standard InChI is InChI=1S/C18H32N2/c1-7-15-8-9-16(20-13-15)11-17(19-6)10-14(2)12-18(3,4)5/h8-9,13-14,17,19H,7,10-12H2,1-6H3. The van der Waals surface area contributed by atoms with Crippen LogP contribution in [-0.4, -0.2) is 18.1 Å². The Morgan fingerprint density at radius 2 is 1.95 bits per heavy atom. The number of aromatic nitrogens is 1. The van der Waals surface area contributed by atoms with E-state index in [2.05, 4.69) is 64.1 Å². The summed E-state index contributed by atoms with van der Waals surface area (Å²) in [6.07, 6.45) is 6.58. The second-order valence-electron chi connectivity index (χ2n) is 7.31. The molecule has 0 bridgehead atoms. The normalized spacial score (nSPS) is 15.1. The third-order valence-corrected chi connectivity index (χ3v) is 3.81. The lowest BCUT2D eigenvalue weighted by molar-refractivity contribution is 0.277. The van der Waals surface area contributed by atoms with Crippen molar-refractivity contribution in [2.45, 2.75) is 66.3 Å². The van der Waals surface area contributed by atoms with Gasteiger partial charge in [-0.1, -0.05) is 40.7 Å². The summed E-state index contributed by atoms with van der Waals surface area (Å²) >= 11 is 0. The van der Waals surface area contributed by atoms with E-state index in [0.717, 1.165) is 18.8 Å². The number of likely N-dealkylation sites (N-methyl/N-ethyl adjacent to an activating group) is 1. The van der Waals surface area contributed by atoms with E-state index < -0.39 is 0 Å². The van der Waals surface area contributed by atoms with Gasteiger partial charge in [-0.2, -0.15) is 0 Å². The summed E-state index contributed by atoms with van der Waals surface area (Å²) in [5, 5.41) is 3.46. The molecule has 0 aliphatic heterocycles. The van der Waals surface area contributed by atoms with Gasteiger partial charge in [0.1, 0.15) is 0 Å². The molecule has 1 aromatic heterocycles. The molecule has 1 rings (SSSR count). The van der Waals surface area contributed by atoms with Gasteiger partial charge in [-0.15, -0.1) is 0 Å². The van der Waals surface area contributed by atoms with Gasteiger partial charge in [0.2, 0.25) is 0 Å². The molecule has 20 heavy (non-hydrogen) atoms. The van der Waals surface area contributed by atoms with E-state index >= 15 is 0 Å². The number of rotatable bonds is 7. The van der Waals surface area contributed by atoms with E-state index in [4.69, 9.17) is 0 Å². The molecule has 1 heterocycles. The number of nitrogens with zero attached hydrogens (tertiary/aromatic N) is 1. The van der Waals surface area contributed by atoms with Crippen LogP contribution in [-0.2, 0) is 12.8 Å². The van der Waals surface area contributed by atoms with E-state index in [1.807, 2.05) is 6.20 Å². The first kappa shape index (κ1) is 17.2. The maximum Gasteiger partial charge on any atom is 0.0419 e. The van der Waals surface area contributed by atoms with Crippen LogP contribution in [0.4, 0.5) is 0 Å². The van der Waals surface area contributed by atoms with Crippen LogP contribution in [0.2, 0.25) is 0 Å². The zero-order chi connectivity index (χ0) is 15.2. The Balaban J connectivity index is 2.53. The Morgan fingerprint density at radius 3 is 2.40 bits per heavy atom. The molecule has 2 atom stereocenters. The molecule has 2 unspecified atom stereocenters. The largest absolute Gasteiger partial charge is 0.317 e. The van der Waals surface area contributed by atoms with Gasteiger partial charge in [-0.25, -0.2) is 0 Å². The molecule has 1 aromatic rings. The lowest BCUT2D eigenvalue weighted by Crippen LogP contribution is -2.30. The maximum absolute atomic E-state index is 4.58. The summed E-state index contributed by atoms with van der Waals surface area (Å²) < 4.78 is 0.